The Morgan fingerprint density at radius 2 is 2.15 bits per heavy atom. The van der Waals surface area contributed by atoms with E-state index in [0.29, 0.717) is 5.02 Å². The molecule has 2 aromatic rings. The van der Waals surface area contributed by atoms with Crippen molar-refractivity contribution >= 4 is 27.5 Å². The molecule has 5 heteroatoms. The molecule has 108 valence electrons. The van der Waals surface area contributed by atoms with Gasteiger partial charge in [0.25, 0.3) is 0 Å². The number of aromatic nitrogens is 2. The highest BCUT2D eigenvalue weighted by molar-refractivity contribution is 9.10. The van der Waals surface area contributed by atoms with Crippen LogP contribution >= 0.6 is 27.5 Å². The molecule has 0 saturated heterocycles. The van der Waals surface area contributed by atoms with E-state index in [2.05, 4.69) is 65.3 Å². The Hall–Kier alpha value is -0.840. The molecule has 0 saturated carbocycles. The van der Waals surface area contributed by atoms with Crippen molar-refractivity contribution in [3.8, 4) is 0 Å². The van der Waals surface area contributed by atoms with Crippen LogP contribution < -0.4 is 5.32 Å². The lowest BCUT2D eigenvalue weighted by Gasteiger charge is -2.22. The average Bonchev–Trinajstić information content (AvgIpc) is 2.80. The smallest absolute Gasteiger partial charge is 0.0837 e. The maximum Gasteiger partial charge on any atom is 0.0837 e. The van der Waals surface area contributed by atoms with Gasteiger partial charge in [0, 0.05) is 11.0 Å². The van der Waals surface area contributed by atoms with Crippen LogP contribution in [0, 0.1) is 6.92 Å². The second-order valence-electron chi connectivity index (χ2n) is 4.71. The van der Waals surface area contributed by atoms with Crippen molar-refractivity contribution in [2.45, 2.75) is 33.4 Å². The third-order valence-corrected chi connectivity index (χ3v) is 4.29. The maximum absolute atomic E-state index is 6.36. The summed E-state index contributed by atoms with van der Waals surface area (Å²) in [5, 5.41) is 8.55. The lowest BCUT2D eigenvalue weighted by Crippen LogP contribution is -2.25. The van der Waals surface area contributed by atoms with Crippen LogP contribution in [0.3, 0.4) is 0 Å². The first kappa shape index (κ1) is 15.5. The maximum atomic E-state index is 6.36. The lowest BCUT2D eigenvalue weighted by molar-refractivity contribution is 0.541. The van der Waals surface area contributed by atoms with E-state index in [1.807, 2.05) is 4.68 Å². The fourth-order valence-electron chi connectivity index (χ4n) is 2.35. The lowest BCUT2D eigenvalue weighted by atomic mass is 10.0. The van der Waals surface area contributed by atoms with Crippen LogP contribution in [0.25, 0.3) is 0 Å². The molecule has 0 aliphatic carbocycles. The van der Waals surface area contributed by atoms with Gasteiger partial charge in [0.2, 0.25) is 0 Å². The molecule has 1 atom stereocenters. The van der Waals surface area contributed by atoms with Crippen molar-refractivity contribution in [3.63, 3.8) is 0 Å². The molecule has 0 aliphatic heterocycles. The Morgan fingerprint density at radius 1 is 1.40 bits per heavy atom. The summed E-state index contributed by atoms with van der Waals surface area (Å²) in [5.41, 5.74) is 3.43. The first-order valence-electron chi connectivity index (χ1n) is 6.79. The van der Waals surface area contributed by atoms with Gasteiger partial charge in [-0.15, -0.1) is 0 Å². The fourth-order valence-corrected chi connectivity index (χ4v) is 3.08. The molecule has 0 bridgehead atoms. The van der Waals surface area contributed by atoms with Gasteiger partial charge in [-0.3, -0.25) is 4.68 Å². The van der Waals surface area contributed by atoms with Gasteiger partial charge in [-0.25, -0.2) is 0 Å². The molecule has 0 amide bonds. The summed E-state index contributed by atoms with van der Waals surface area (Å²) in [6.45, 7) is 7.92. The monoisotopic (exact) mass is 355 g/mol. The number of aryl methyl sites for hydroxylation is 2. The van der Waals surface area contributed by atoms with Crippen LogP contribution in [0.4, 0.5) is 0 Å². The van der Waals surface area contributed by atoms with Crippen LogP contribution in [0.5, 0.6) is 0 Å². The largest absolute Gasteiger partial charge is 0.305 e. The minimum Gasteiger partial charge on any atom is -0.305 e. The first-order chi connectivity index (χ1) is 9.58. The third-order valence-electron chi connectivity index (χ3n) is 3.28. The van der Waals surface area contributed by atoms with Gasteiger partial charge in [0.15, 0.2) is 0 Å². The highest BCUT2D eigenvalue weighted by Crippen LogP contribution is 2.33. The number of hydrogen-bond acceptors (Lipinski definition) is 2. The highest BCUT2D eigenvalue weighted by atomic mass is 79.9. The number of hydrogen-bond donors (Lipinski definition) is 1. The summed E-state index contributed by atoms with van der Waals surface area (Å²) >= 11 is 10.0. The van der Waals surface area contributed by atoms with Crippen molar-refractivity contribution in [2.24, 2.45) is 0 Å². The Kier molecular flexibility index (Phi) is 5.24. The van der Waals surface area contributed by atoms with E-state index in [-0.39, 0.29) is 6.04 Å². The van der Waals surface area contributed by atoms with E-state index in [9.17, 15) is 0 Å². The average molecular weight is 357 g/mol. The van der Waals surface area contributed by atoms with Crippen LogP contribution in [0.15, 0.2) is 28.9 Å². The molecule has 1 unspecified atom stereocenters. The summed E-state index contributed by atoms with van der Waals surface area (Å²) in [6.07, 6.45) is 1.72. The molecule has 20 heavy (non-hydrogen) atoms. The molecule has 0 spiro atoms. The molecule has 0 aliphatic rings. The van der Waals surface area contributed by atoms with E-state index in [4.69, 9.17) is 11.6 Å². The Balaban J connectivity index is 2.56. The topological polar surface area (TPSA) is 29.9 Å². The van der Waals surface area contributed by atoms with Gasteiger partial charge in [-0.2, -0.15) is 5.10 Å². The van der Waals surface area contributed by atoms with Crippen LogP contribution in [0.1, 0.15) is 36.7 Å². The summed E-state index contributed by atoms with van der Waals surface area (Å²) in [4.78, 5) is 0. The molecule has 1 heterocycles. The van der Waals surface area contributed by atoms with Gasteiger partial charge in [-0.1, -0.05) is 52.2 Å². The SMILES string of the molecule is CCNC(c1cc(C)ccc1Br)c1c(Cl)cnn1CC. The minimum atomic E-state index is 0.0317. The van der Waals surface area contributed by atoms with Crippen molar-refractivity contribution < 1.29 is 0 Å². The van der Waals surface area contributed by atoms with E-state index in [1.54, 1.807) is 6.20 Å². The fraction of sp³-hybridized carbons (Fsp3) is 0.400. The standard InChI is InChI=1S/C15H19BrClN3/c1-4-18-14(11-8-10(3)6-7-12(11)16)15-13(17)9-19-20(15)5-2/h6-9,14,18H,4-5H2,1-3H3. The zero-order chi connectivity index (χ0) is 14.7. The molecular formula is C15H19BrClN3. The Labute approximate surface area is 133 Å². The van der Waals surface area contributed by atoms with Crippen molar-refractivity contribution in [1.29, 1.82) is 0 Å². The van der Waals surface area contributed by atoms with Crippen LogP contribution in [-0.2, 0) is 6.54 Å². The van der Waals surface area contributed by atoms with E-state index >= 15 is 0 Å². The zero-order valence-corrected chi connectivity index (χ0v) is 14.3. The molecule has 0 radical (unpaired) electrons. The molecule has 1 N–H and O–H groups in total. The highest BCUT2D eigenvalue weighted by Gasteiger charge is 2.22. The summed E-state index contributed by atoms with van der Waals surface area (Å²) < 4.78 is 3.03. The Bertz CT molecular complexity index is 595. The van der Waals surface area contributed by atoms with E-state index in [0.717, 1.165) is 23.3 Å². The van der Waals surface area contributed by atoms with Crippen LogP contribution in [0.2, 0.25) is 5.02 Å². The first-order valence-corrected chi connectivity index (χ1v) is 7.96. The number of benzene rings is 1. The van der Waals surface area contributed by atoms with E-state index in [1.165, 1.54) is 11.1 Å². The normalized spacial score (nSPS) is 12.7. The summed E-state index contributed by atoms with van der Waals surface area (Å²) in [7, 11) is 0. The quantitative estimate of drug-likeness (QED) is 0.864. The zero-order valence-electron chi connectivity index (χ0n) is 12.0. The number of halogens is 2. The molecule has 0 fully saturated rings. The summed E-state index contributed by atoms with van der Waals surface area (Å²) in [6, 6.07) is 6.38. The molecular weight excluding hydrogens is 338 g/mol. The predicted octanol–water partition coefficient (Wildman–Crippen LogP) is 4.33. The number of rotatable bonds is 5. The van der Waals surface area contributed by atoms with Crippen LogP contribution in [-0.4, -0.2) is 16.3 Å². The second-order valence-corrected chi connectivity index (χ2v) is 5.97. The number of nitrogens with zero attached hydrogens (tertiary/aromatic N) is 2. The van der Waals surface area contributed by atoms with Gasteiger partial charge >= 0.3 is 0 Å². The molecule has 3 nitrogen and oxygen atoms in total. The van der Waals surface area contributed by atoms with Crippen molar-refractivity contribution in [1.82, 2.24) is 15.1 Å². The van der Waals surface area contributed by atoms with Gasteiger partial charge in [-0.05, 0) is 32.0 Å². The second kappa shape index (κ2) is 6.74. The number of nitrogens with one attached hydrogen (secondary N) is 1. The van der Waals surface area contributed by atoms with E-state index < -0.39 is 0 Å². The third kappa shape index (κ3) is 3.08. The van der Waals surface area contributed by atoms with Gasteiger partial charge < -0.3 is 5.32 Å². The predicted molar refractivity (Wildman–Crippen MR) is 87.3 cm³/mol. The van der Waals surface area contributed by atoms with Gasteiger partial charge in [0.05, 0.1) is 23.0 Å². The minimum absolute atomic E-state index is 0.0317. The van der Waals surface area contributed by atoms with Gasteiger partial charge in [0.1, 0.15) is 0 Å². The van der Waals surface area contributed by atoms with Crippen molar-refractivity contribution in [3.05, 3.63) is 50.7 Å². The molecule has 1 aromatic heterocycles. The Morgan fingerprint density at radius 3 is 2.80 bits per heavy atom. The summed E-state index contributed by atoms with van der Waals surface area (Å²) in [5.74, 6) is 0. The molecule has 2 rings (SSSR count). The molecule has 1 aromatic carbocycles. The van der Waals surface area contributed by atoms with Crippen molar-refractivity contribution in [2.75, 3.05) is 6.54 Å².